The van der Waals surface area contributed by atoms with Crippen molar-refractivity contribution in [2.45, 2.75) is 6.42 Å². The van der Waals surface area contributed by atoms with Crippen LogP contribution in [0.4, 0.5) is 4.39 Å². The van der Waals surface area contributed by atoms with Crippen LogP contribution in [0.15, 0.2) is 54.7 Å². The van der Waals surface area contributed by atoms with Gasteiger partial charge >= 0.3 is 5.97 Å². The smallest absolute Gasteiger partial charge is 0.335 e. The maximum absolute atomic E-state index is 13.4. The molecule has 3 nitrogen and oxygen atoms in total. The number of fused-ring (bicyclic) bond motifs is 1. The number of carbonyl (C=O) groups is 1. The van der Waals surface area contributed by atoms with Crippen LogP contribution in [-0.4, -0.2) is 16.1 Å². The first kappa shape index (κ1) is 13.2. The predicted molar refractivity (Wildman–Crippen MR) is 77.9 cm³/mol. The predicted octanol–water partition coefficient (Wildman–Crippen LogP) is 3.66. The Morgan fingerprint density at radius 2 is 1.90 bits per heavy atom. The van der Waals surface area contributed by atoms with Crippen LogP contribution in [0.5, 0.6) is 0 Å². The Morgan fingerprint density at radius 3 is 2.71 bits per heavy atom. The second-order valence-corrected chi connectivity index (χ2v) is 4.77. The maximum Gasteiger partial charge on any atom is 0.335 e. The Kier molecular flexibility index (Phi) is 3.36. The van der Waals surface area contributed by atoms with Crippen molar-refractivity contribution in [3.8, 4) is 0 Å². The molecule has 0 bridgehead atoms. The topological polar surface area (TPSA) is 50.2 Å². The number of para-hydroxylation sites is 1. The monoisotopic (exact) mass is 281 g/mol. The molecule has 0 atom stereocenters. The zero-order chi connectivity index (χ0) is 14.8. The van der Waals surface area contributed by atoms with Gasteiger partial charge in [0, 0.05) is 11.6 Å². The van der Waals surface area contributed by atoms with Gasteiger partial charge in [0.2, 0.25) is 0 Å². The lowest BCUT2D eigenvalue weighted by atomic mass is 9.97. The third-order valence-corrected chi connectivity index (χ3v) is 3.42. The zero-order valence-corrected chi connectivity index (χ0v) is 11.1. The van der Waals surface area contributed by atoms with Gasteiger partial charge in [-0.1, -0.05) is 18.2 Å². The van der Waals surface area contributed by atoms with E-state index >= 15 is 0 Å². The largest absolute Gasteiger partial charge is 0.478 e. The molecule has 0 aliphatic carbocycles. The molecule has 0 fully saturated rings. The van der Waals surface area contributed by atoms with Crippen molar-refractivity contribution in [3.63, 3.8) is 0 Å². The van der Waals surface area contributed by atoms with Crippen molar-refractivity contribution in [1.82, 2.24) is 4.98 Å². The van der Waals surface area contributed by atoms with Crippen LogP contribution < -0.4 is 0 Å². The third-order valence-electron chi connectivity index (χ3n) is 3.42. The van der Waals surface area contributed by atoms with Crippen molar-refractivity contribution < 1.29 is 14.3 Å². The number of hydrogen-bond acceptors (Lipinski definition) is 2. The molecule has 21 heavy (non-hydrogen) atoms. The fourth-order valence-corrected chi connectivity index (χ4v) is 2.43. The number of hydrogen-bond donors (Lipinski definition) is 1. The third kappa shape index (κ3) is 2.60. The van der Waals surface area contributed by atoms with Gasteiger partial charge < -0.3 is 5.11 Å². The highest BCUT2D eigenvalue weighted by atomic mass is 19.1. The molecular weight excluding hydrogens is 269 g/mol. The SMILES string of the molecule is O=C(O)c1ccc(F)cc1Cc1ccnc2ccccc12. The Bertz CT molecular complexity index is 825. The normalized spacial score (nSPS) is 10.7. The quantitative estimate of drug-likeness (QED) is 0.797. The molecule has 0 spiro atoms. The van der Waals surface area contributed by atoms with Gasteiger partial charge in [0.05, 0.1) is 11.1 Å². The fourth-order valence-electron chi connectivity index (χ4n) is 2.43. The summed E-state index contributed by atoms with van der Waals surface area (Å²) in [5.41, 5.74) is 2.34. The number of rotatable bonds is 3. The Hall–Kier alpha value is -2.75. The molecule has 0 amide bonds. The number of benzene rings is 2. The summed E-state index contributed by atoms with van der Waals surface area (Å²) in [5.74, 6) is -1.49. The van der Waals surface area contributed by atoms with Gasteiger partial charge in [-0.25, -0.2) is 9.18 Å². The summed E-state index contributed by atoms with van der Waals surface area (Å²) in [6, 6.07) is 13.2. The number of carboxylic acid groups (broad SMARTS) is 1. The lowest BCUT2D eigenvalue weighted by Crippen LogP contribution is -2.04. The zero-order valence-electron chi connectivity index (χ0n) is 11.1. The average molecular weight is 281 g/mol. The van der Waals surface area contributed by atoms with E-state index in [-0.39, 0.29) is 5.56 Å². The van der Waals surface area contributed by atoms with Crippen LogP contribution in [0.1, 0.15) is 21.5 Å². The Balaban J connectivity index is 2.11. The van der Waals surface area contributed by atoms with Gasteiger partial charge in [-0.15, -0.1) is 0 Å². The van der Waals surface area contributed by atoms with E-state index < -0.39 is 11.8 Å². The molecule has 1 N–H and O–H groups in total. The lowest BCUT2D eigenvalue weighted by molar-refractivity contribution is 0.0696. The van der Waals surface area contributed by atoms with E-state index in [1.165, 1.54) is 12.1 Å². The Morgan fingerprint density at radius 1 is 1.10 bits per heavy atom. The number of carboxylic acids is 1. The van der Waals surface area contributed by atoms with Gasteiger partial charge in [0.25, 0.3) is 0 Å². The molecule has 0 unspecified atom stereocenters. The van der Waals surface area contributed by atoms with Crippen molar-refractivity contribution in [2.75, 3.05) is 0 Å². The van der Waals surface area contributed by atoms with Crippen molar-refractivity contribution in [3.05, 3.63) is 77.2 Å². The first-order chi connectivity index (χ1) is 10.1. The van der Waals surface area contributed by atoms with Crippen LogP contribution in [0.3, 0.4) is 0 Å². The average Bonchev–Trinajstić information content (AvgIpc) is 2.47. The molecule has 4 heteroatoms. The summed E-state index contributed by atoms with van der Waals surface area (Å²) < 4.78 is 13.4. The minimum Gasteiger partial charge on any atom is -0.478 e. The van der Waals surface area contributed by atoms with E-state index in [9.17, 15) is 14.3 Å². The van der Waals surface area contributed by atoms with Crippen molar-refractivity contribution >= 4 is 16.9 Å². The van der Waals surface area contributed by atoms with Gasteiger partial charge in [0.15, 0.2) is 0 Å². The van der Waals surface area contributed by atoms with Crippen LogP contribution in [0.2, 0.25) is 0 Å². The summed E-state index contributed by atoms with van der Waals surface area (Å²) in [6.45, 7) is 0. The maximum atomic E-state index is 13.4. The molecule has 3 rings (SSSR count). The van der Waals surface area contributed by atoms with Crippen molar-refractivity contribution in [1.29, 1.82) is 0 Å². The van der Waals surface area contributed by atoms with E-state index in [2.05, 4.69) is 4.98 Å². The molecule has 3 aromatic rings. The second kappa shape index (κ2) is 5.32. The summed E-state index contributed by atoms with van der Waals surface area (Å²) in [4.78, 5) is 15.5. The molecule has 1 heterocycles. The van der Waals surface area contributed by atoms with Crippen LogP contribution in [0, 0.1) is 5.82 Å². The number of nitrogens with zero attached hydrogens (tertiary/aromatic N) is 1. The van der Waals surface area contributed by atoms with E-state index in [0.29, 0.717) is 12.0 Å². The van der Waals surface area contributed by atoms with Crippen molar-refractivity contribution in [2.24, 2.45) is 0 Å². The van der Waals surface area contributed by atoms with E-state index in [1.54, 1.807) is 6.20 Å². The standard InChI is InChI=1S/C17H12FNO2/c18-13-5-6-15(17(20)21)12(10-13)9-11-7-8-19-16-4-2-1-3-14(11)16/h1-8,10H,9H2,(H,20,21). The first-order valence-corrected chi connectivity index (χ1v) is 6.49. The molecule has 104 valence electrons. The molecule has 0 saturated carbocycles. The molecule has 0 aliphatic heterocycles. The van der Waals surface area contributed by atoms with E-state index in [0.717, 1.165) is 22.5 Å². The molecule has 0 saturated heterocycles. The number of aromatic carboxylic acids is 1. The first-order valence-electron chi connectivity index (χ1n) is 6.49. The highest BCUT2D eigenvalue weighted by Gasteiger charge is 2.12. The highest BCUT2D eigenvalue weighted by Crippen LogP contribution is 2.22. The van der Waals surface area contributed by atoms with Gasteiger partial charge in [-0.2, -0.15) is 0 Å². The van der Waals surface area contributed by atoms with Gasteiger partial charge in [-0.05, 0) is 47.9 Å². The molecule has 1 aromatic heterocycles. The molecule has 0 radical (unpaired) electrons. The van der Waals surface area contributed by atoms with Gasteiger partial charge in [0.1, 0.15) is 5.82 Å². The van der Waals surface area contributed by atoms with Crippen LogP contribution >= 0.6 is 0 Å². The minimum absolute atomic E-state index is 0.122. The number of aromatic nitrogens is 1. The minimum atomic E-state index is -1.05. The molecular formula is C17H12FNO2. The van der Waals surface area contributed by atoms with Gasteiger partial charge in [-0.3, -0.25) is 4.98 Å². The van der Waals surface area contributed by atoms with Crippen LogP contribution in [0.25, 0.3) is 10.9 Å². The molecule has 2 aromatic carbocycles. The van der Waals surface area contributed by atoms with Crippen LogP contribution in [-0.2, 0) is 6.42 Å². The summed E-state index contributed by atoms with van der Waals surface area (Å²) >= 11 is 0. The lowest BCUT2D eigenvalue weighted by Gasteiger charge is -2.09. The number of pyridine rings is 1. The number of halogens is 1. The highest BCUT2D eigenvalue weighted by molar-refractivity contribution is 5.90. The fraction of sp³-hybridized carbons (Fsp3) is 0.0588. The summed E-state index contributed by atoms with van der Waals surface area (Å²) in [7, 11) is 0. The Labute approximate surface area is 120 Å². The molecule has 0 aliphatic rings. The summed E-state index contributed by atoms with van der Waals surface area (Å²) in [6.07, 6.45) is 2.03. The second-order valence-electron chi connectivity index (χ2n) is 4.77. The van der Waals surface area contributed by atoms with E-state index in [4.69, 9.17) is 0 Å². The van der Waals surface area contributed by atoms with E-state index in [1.807, 2.05) is 30.3 Å². The summed E-state index contributed by atoms with van der Waals surface area (Å²) in [5, 5.41) is 10.2.